The van der Waals surface area contributed by atoms with Crippen LogP contribution in [0, 0.1) is 5.41 Å². The molecule has 0 aliphatic carbocycles. The summed E-state index contributed by atoms with van der Waals surface area (Å²) in [7, 11) is -1.53. The third-order valence-electron chi connectivity index (χ3n) is 1.47. The highest BCUT2D eigenvalue weighted by Gasteiger charge is 2.09. The zero-order valence-corrected chi connectivity index (χ0v) is 6.19. The fraction of sp³-hybridized carbons (Fsp3) is 0. The standard InChI is InChI=1S/C7H8BNO3/c9-7(10)5-1-3-6(4-2-5)8(11)12/h1-4,11-12H,(H2,9,10)/p-1. The zero-order chi connectivity index (χ0) is 9.14. The molecular weight excluding hydrogens is 157 g/mol. The van der Waals surface area contributed by atoms with E-state index in [1.807, 2.05) is 0 Å². The summed E-state index contributed by atoms with van der Waals surface area (Å²) in [5.41, 5.74) is 0.541. The van der Waals surface area contributed by atoms with Gasteiger partial charge in [0.2, 0.25) is 0 Å². The molecule has 0 spiro atoms. The summed E-state index contributed by atoms with van der Waals surface area (Å²) in [6.45, 7) is 0. The number of benzene rings is 1. The molecule has 4 nitrogen and oxygen atoms in total. The van der Waals surface area contributed by atoms with Gasteiger partial charge in [0.05, 0.1) is 0 Å². The van der Waals surface area contributed by atoms with E-state index in [0.29, 0.717) is 5.46 Å². The predicted molar refractivity (Wildman–Crippen MR) is 43.1 cm³/mol. The van der Waals surface area contributed by atoms with Crippen LogP contribution in [0.3, 0.4) is 0 Å². The van der Waals surface area contributed by atoms with Gasteiger partial charge < -0.3 is 20.6 Å². The average Bonchev–Trinajstić information content (AvgIpc) is 2.04. The molecule has 12 heavy (non-hydrogen) atoms. The van der Waals surface area contributed by atoms with Crippen LogP contribution in [0.5, 0.6) is 0 Å². The van der Waals surface area contributed by atoms with Crippen molar-refractivity contribution < 1.29 is 15.2 Å². The fourth-order valence-corrected chi connectivity index (χ4v) is 0.807. The Balaban J connectivity index is 2.93. The lowest BCUT2D eigenvalue weighted by Crippen LogP contribution is -2.30. The minimum atomic E-state index is -1.53. The van der Waals surface area contributed by atoms with Crippen LogP contribution in [0.4, 0.5) is 0 Å². The molecule has 0 atom stereocenters. The summed E-state index contributed by atoms with van der Waals surface area (Å²) >= 11 is 0. The van der Waals surface area contributed by atoms with Crippen LogP contribution in [0.15, 0.2) is 24.3 Å². The third kappa shape index (κ3) is 1.84. The van der Waals surface area contributed by atoms with E-state index in [0.717, 1.165) is 0 Å². The molecule has 1 rings (SSSR count). The molecule has 0 unspecified atom stereocenters. The first-order valence-electron chi connectivity index (χ1n) is 3.33. The summed E-state index contributed by atoms with van der Waals surface area (Å²) in [5.74, 6) is -0.783. The van der Waals surface area contributed by atoms with E-state index in [1.165, 1.54) is 24.3 Å². The molecule has 1 aromatic rings. The molecule has 0 fully saturated rings. The first-order chi connectivity index (χ1) is 5.61. The van der Waals surface area contributed by atoms with Crippen LogP contribution < -0.4 is 10.6 Å². The fourth-order valence-electron chi connectivity index (χ4n) is 0.807. The van der Waals surface area contributed by atoms with Crippen LogP contribution >= 0.6 is 0 Å². The van der Waals surface area contributed by atoms with Gasteiger partial charge in [-0.1, -0.05) is 24.3 Å². The van der Waals surface area contributed by atoms with Crippen molar-refractivity contribution >= 4 is 18.5 Å². The molecule has 62 valence electrons. The van der Waals surface area contributed by atoms with Crippen molar-refractivity contribution in [3.8, 4) is 0 Å². The van der Waals surface area contributed by atoms with Crippen LogP contribution in [0.25, 0.3) is 0 Å². The van der Waals surface area contributed by atoms with Gasteiger partial charge in [-0.3, -0.25) is 0 Å². The van der Waals surface area contributed by atoms with E-state index in [4.69, 9.17) is 15.5 Å². The lowest BCUT2D eigenvalue weighted by Gasteiger charge is -2.07. The van der Waals surface area contributed by atoms with Crippen LogP contribution in [0.2, 0.25) is 0 Å². The van der Waals surface area contributed by atoms with E-state index in [-0.39, 0.29) is 5.56 Å². The monoisotopic (exact) mass is 164 g/mol. The minimum absolute atomic E-state index is 0.236. The number of rotatable bonds is 2. The molecule has 0 heterocycles. The van der Waals surface area contributed by atoms with Gasteiger partial charge in [-0.25, -0.2) is 0 Å². The largest absolute Gasteiger partial charge is 0.859 e. The molecule has 0 saturated carbocycles. The maximum atomic E-state index is 10.5. The van der Waals surface area contributed by atoms with E-state index in [9.17, 15) is 5.11 Å². The Morgan fingerprint density at radius 3 is 2.08 bits per heavy atom. The Bertz CT molecular complexity index is 283. The van der Waals surface area contributed by atoms with Crippen molar-refractivity contribution in [2.45, 2.75) is 0 Å². The van der Waals surface area contributed by atoms with Gasteiger partial charge in [0, 0.05) is 0 Å². The first kappa shape index (κ1) is 8.77. The van der Waals surface area contributed by atoms with E-state index >= 15 is 0 Å². The Morgan fingerprint density at radius 2 is 1.75 bits per heavy atom. The highest BCUT2D eigenvalue weighted by molar-refractivity contribution is 6.58. The molecule has 0 radical (unpaired) electrons. The van der Waals surface area contributed by atoms with Crippen molar-refractivity contribution in [3.63, 3.8) is 0 Å². The molecule has 5 heteroatoms. The Kier molecular flexibility index (Phi) is 2.47. The topological polar surface area (TPSA) is 87.4 Å². The van der Waals surface area contributed by atoms with Crippen molar-refractivity contribution in [2.24, 2.45) is 0 Å². The van der Waals surface area contributed by atoms with Gasteiger partial charge in [-0.2, -0.15) is 0 Å². The summed E-state index contributed by atoms with van der Waals surface area (Å²) in [6, 6.07) is 5.55. The molecule has 0 saturated heterocycles. The Hall–Kier alpha value is -1.33. The summed E-state index contributed by atoms with van der Waals surface area (Å²) < 4.78 is 0. The van der Waals surface area contributed by atoms with E-state index in [2.05, 4.69) is 0 Å². The third-order valence-corrected chi connectivity index (χ3v) is 1.47. The van der Waals surface area contributed by atoms with E-state index < -0.39 is 13.0 Å². The van der Waals surface area contributed by atoms with Crippen molar-refractivity contribution in [1.82, 2.24) is 0 Å². The molecule has 0 aliphatic rings. The van der Waals surface area contributed by atoms with Gasteiger partial charge in [-0.05, 0) is 16.9 Å². The van der Waals surface area contributed by atoms with Gasteiger partial charge in [0.25, 0.3) is 0 Å². The second-order valence-corrected chi connectivity index (χ2v) is 2.32. The molecule has 3 N–H and O–H groups in total. The maximum absolute atomic E-state index is 10.5. The van der Waals surface area contributed by atoms with Crippen molar-refractivity contribution in [1.29, 1.82) is 5.41 Å². The van der Waals surface area contributed by atoms with Crippen LogP contribution in [0.1, 0.15) is 5.56 Å². The minimum Gasteiger partial charge on any atom is -0.859 e. The summed E-state index contributed by atoms with van der Waals surface area (Å²) in [5, 5.41) is 34.6. The Morgan fingerprint density at radius 1 is 1.25 bits per heavy atom. The van der Waals surface area contributed by atoms with Crippen molar-refractivity contribution in [2.75, 3.05) is 0 Å². The molecule has 0 amide bonds. The highest BCUT2D eigenvalue weighted by atomic mass is 16.4. The molecule has 0 aromatic heterocycles. The predicted octanol–water partition coefficient (Wildman–Crippen LogP) is -1.95. The van der Waals surface area contributed by atoms with Crippen LogP contribution in [-0.4, -0.2) is 23.1 Å². The lowest BCUT2D eigenvalue weighted by molar-refractivity contribution is -0.214. The second kappa shape index (κ2) is 3.38. The van der Waals surface area contributed by atoms with Crippen molar-refractivity contribution in [3.05, 3.63) is 29.8 Å². The second-order valence-electron chi connectivity index (χ2n) is 2.32. The van der Waals surface area contributed by atoms with Gasteiger partial charge in [0.1, 0.15) is 0 Å². The van der Waals surface area contributed by atoms with E-state index in [1.54, 1.807) is 0 Å². The molecule has 0 aliphatic heterocycles. The number of hydrogen-bond acceptors (Lipinski definition) is 4. The highest BCUT2D eigenvalue weighted by Crippen LogP contribution is 1.94. The SMILES string of the molecule is N=C([O-])c1ccc(B(O)O)cc1. The Labute approximate surface area is 69.8 Å². The molecular formula is C7H7BNO3-. The average molecular weight is 164 g/mol. The quantitative estimate of drug-likeness (QED) is 0.269. The normalized spacial score (nSPS) is 9.50. The molecule has 0 bridgehead atoms. The van der Waals surface area contributed by atoms with Gasteiger partial charge >= 0.3 is 7.12 Å². The number of hydrogen-bond donors (Lipinski definition) is 3. The first-order valence-corrected chi connectivity index (χ1v) is 3.33. The summed E-state index contributed by atoms with van der Waals surface area (Å²) in [4.78, 5) is 0. The smallest absolute Gasteiger partial charge is 0.488 e. The number of nitrogens with one attached hydrogen (secondary N) is 1. The maximum Gasteiger partial charge on any atom is 0.488 e. The van der Waals surface area contributed by atoms with Gasteiger partial charge in [-0.15, -0.1) is 0 Å². The lowest BCUT2D eigenvalue weighted by atomic mass is 9.80. The summed E-state index contributed by atoms with van der Waals surface area (Å²) in [6.07, 6.45) is 0. The molecule has 1 aromatic carbocycles. The van der Waals surface area contributed by atoms with Gasteiger partial charge in [0.15, 0.2) is 0 Å². The van der Waals surface area contributed by atoms with Crippen LogP contribution in [-0.2, 0) is 0 Å². The zero-order valence-electron chi connectivity index (χ0n) is 6.19.